The molecule has 0 spiro atoms. The van der Waals surface area contributed by atoms with E-state index in [1.54, 1.807) is 0 Å². The maximum absolute atomic E-state index is 12.0. The van der Waals surface area contributed by atoms with E-state index < -0.39 is 0 Å². The average Bonchev–Trinajstić information content (AvgIpc) is 2.81. The van der Waals surface area contributed by atoms with Crippen LogP contribution in [0.2, 0.25) is 0 Å². The van der Waals surface area contributed by atoms with Gasteiger partial charge < -0.3 is 10.6 Å². The fourth-order valence-corrected chi connectivity index (χ4v) is 2.71. The van der Waals surface area contributed by atoms with Gasteiger partial charge in [0.1, 0.15) is 0 Å². The molecule has 5 heteroatoms. The van der Waals surface area contributed by atoms with Gasteiger partial charge in [0.15, 0.2) is 5.13 Å². The second-order valence-corrected chi connectivity index (χ2v) is 5.58. The first kappa shape index (κ1) is 14.5. The number of carbonyl (C=O) groups is 1. The van der Waals surface area contributed by atoms with E-state index in [-0.39, 0.29) is 5.91 Å². The van der Waals surface area contributed by atoms with Crippen molar-refractivity contribution >= 4 is 28.1 Å². The van der Waals surface area contributed by atoms with Gasteiger partial charge in [-0.3, -0.25) is 4.79 Å². The number of aromatic nitrogens is 1. The van der Waals surface area contributed by atoms with Gasteiger partial charge in [-0.05, 0) is 32.4 Å². The summed E-state index contributed by atoms with van der Waals surface area (Å²) in [5.74, 6) is -0.0368. The summed E-state index contributed by atoms with van der Waals surface area (Å²) < 4.78 is 0. The highest BCUT2D eigenvalue weighted by Crippen LogP contribution is 2.18. The molecule has 0 aliphatic heterocycles. The molecule has 4 nitrogen and oxygen atoms in total. The second kappa shape index (κ2) is 6.52. The molecule has 106 valence electrons. The second-order valence-electron chi connectivity index (χ2n) is 4.72. The molecule has 0 saturated heterocycles. The molecule has 1 heterocycles. The first-order valence-corrected chi connectivity index (χ1v) is 7.52. The van der Waals surface area contributed by atoms with Gasteiger partial charge in [0.25, 0.3) is 0 Å². The standard InChI is InChI=1S/C15H19N3OS/c1-4-16-15-17-12(9-20-15)8-14(19)18-13-6-5-10(2)7-11(13)3/h5-7,9H,4,8H2,1-3H3,(H,16,17)(H,18,19). The van der Waals surface area contributed by atoms with E-state index in [9.17, 15) is 4.79 Å². The number of carbonyl (C=O) groups excluding carboxylic acids is 1. The van der Waals surface area contributed by atoms with Gasteiger partial charge >= 0.3 is 0 Å². The van der Waals surface area contributed by atoms with Gasteiger partial charge in [-0.25, -0.2) is 4.98 Å². The van der Waals surface area contributed by atoms with Gasteiger partial charge in [0.05, 0.1) is 12.1 Å². The quantitative estimate of drug-likeness (QED) is 0.887. The number of rotatable bonds is 5. The van der Waals surface area contributed by atoms with Crippen LogP contribution < -0.4 is 10.6 Å². The number of nitrogens with zero attached hydrogens (tertiary/aromatic N) is 1. The monoisotopic (exact) mass is 289 g/mol. The summed E-state index contributed by atoms with van der Waals surface area (Å²) in [4.78, 5) is 16.4. The van der Waals surface area contributed by atoms with Crippen molar-refractivity contribution in [3.63, 3.8) is 0 Å². The van der Waals surface area contributed by atoms with Gasteiger partial charge in [-0.15, -0.1) is 11.3 Å². The molecule has 20 heavy (non-hydrogen) atoms. The van der Waals surface area contributed by atoms with E-state index in [0.29, 0.717) is 6.42 Å². The van der Waals surface area contributed by atoms with Gasteiger partial charge in [-0.1, -0.05) is 17.7 Å². The zero-order valence-corrected chi connectivity index (χ0v) is 12.8. The summed E-state index contributed by atoms with van der Waals surface area (Å²) in [5.41, 5.74) is 3.93. The highest BCUT2D eigenvalue weighted by atomic mass is 32.1. The topological polar surface area (TPSA) is 54.0 Å². The molecule has 2 N–H and O–H groups in total. The van der Waals surface area contributed by atoms with Crippen molar-refractivity contribution in [1.82, 2.24) is 4.98 Å². The summed E-state index contributed by atoms with van der Waals surface area (Å²) in [5, 5.41) is 8.85. The molecule has 0 unspecified atom stereocenters. The van der Waals surface area contributed by atoms with Crippen LogP contribution in [0, 0.1) is 13.8 Å². The first-order chi connectivity index (χ1) is 9.58. The van der Waals surface area contributed by atoms with Crippen molar-refractivity contribution in [3.05, 3.63) is 40.4 Å². The number of amides is 1. The van der Waals surface area contributed by atoms with E-state index in [2.05, 4.69) is 21.7 Å². The zero-order valence-electron chi connectivity index (χ0n) is 12.0. The number of nitrogens with one attached hydrogen (secondary N) is 2. The van der Waals surface area contributed by atoms with Crippen LogP contribution in [0.1, 0.15) is 23.7 Å². The van der Waals surface area contributed by atoms with E-state index in [1.807, 2.05) is 38.3 Å². The molecule has 1 aromatic heterocycles. The highest BCUT2D eigenvalue weighted by Gasteiger charge is 2.09. The molecule has 0 radical (unpaired) electrons. The summed E-state index contributed by atoms with van der Waals surface area (Å²) in [6, 6.07) is 5.99. The molecule has 0 aliphatic rings. The Balaban J connectivity index is 1.97. The van der Waals surface area contributed by atoms with Crippen LogP contribution in [0.3, 0.4) is 0 Å². The van der Waals surface area contributed by atoms with E-state index in [4.69, 9.17) is 0 Å². The summed E-state index contributed by atoms with van der Waals surface area (Å²) in [6.07, 6.45) is 0.301. The lowest BCUT2D eigenvalue weighted by atomic mass is 10.1. The van der Waals surface area contributed by atoms with Crippen molar-refractivity contribution < 1.29 is 4.79 Å². The van der Waals surface area contributed by atoms with Gasteiger partial charge in [0.2, 0.25) is 5.91 Å². The molecule has 0 atom stereocenters. The maximum Gasteiger partial charge on any atom is 0.230 e. The number of aryl methyl sites for hydroxylation is 2. The average molecular weight is 289 g/mol. The zero-order chi connectivity index (χ0) is 14.5. The van der Waals surface area contributed by atoms with E-state index >= 15 is 0 Å². The molecule has 0 saturated carbocycles. The van der Waals surface area contributed by atoms with Gasteiger partial charge in [0, 0.05) is 17.6 Å². The number of anilines is 2. The number of thiazole rings is 1. The van der Waals surface area contributed by atoms with Crippen LogP contribution in [0.25, 0.3) is 0 Å². The minimum atomic E-state index is -0.0368. The third-order valence-corrected chi connectivity index (χ3v) is 3.73. The van der Waals surface area contributed by atoms with Crippen molar-refractivity contribution in [2.45, 2.75) is 27.2 Å². The fourth-order valence-electron chi connectivity index (χ4n) is 1.93. The maximum atomic E-state index is 12.0. The predicted molar refractivity (Wildman–Crippen MR) is 84.5 cm³/mol. The van der Waals surface area contributed by atoms with E-state index in [0.717, 1.165) is 28.6 Å². The van der Waals surface area contributed by atoms with Crippen molar-refractivity contribution in [3.8, 4) is 0 Å². The minimum Gasteiger partial charge on any atom is -0.362 e. The van der Waals surface area contributed by atoms with Crippen molar-refractivity contribution in [2.75, 3.05) is 17.2 Å². The van der Waals surface area contributed by atoms with Crippen molar-refractivity contribution in [2.24, 2.45) is 0 Å². The first-order valence-electron chi connectivity index (χ1n) is 6.64. The summed E-state index contributed by atoms with van der Waals surface area (Å²) >= 11 is 1.53. The largest absolute Gasteiger partial charge is 0.362 e. The van der Waals surface area contributed by atoms with Crippen LogP contribution in [0.4, 0.5) is 10.8 Å². The SMILES string of the molecule is CCNc1nc(CC(=O)Nc2ccc(C)cc2C)cs1. The third-order valence-electron chi connectivity index (χ3n) is 2.88. The van der Waals surface area contributed by atoms with E-state index in [1.165, 1.54) is 16.9 Å². The Morgan fingerprint density at radius 3 is 2.85 bits per heavy atom. The Morgan fingerprint density at radius 2 is 2.15 bits per heavy atom. The minimum absolute atomic E-state index is 0.0368. The normalized spacial score (nSPS) is 10.3. The lowest BCUT2D eigenvalue weighted by molar-refractivity contribution is -0.115. The Kier molecular flexibility index (Phi) is 4.74. The Bertz CT molecular complexity index is 607. The fraction of sp³-hybridized carbons (Fsp3) is 0.333. The Morgan fingerprint density at radius 1 is 1.35 bits per heavy atom. The third kappa shape index (κ3) is 3.81. The smallest absolute Gasteiger partial charge is 0.230 e. The molecule has 0 bridgehead atoms. The van der Waals surface area contributed by atoms with Crippen molar-refractivity contribution in [1.29, 1.82) is 0 Å². The van der Waals surface area contributed by atoms with Gasteiger partial charge in [-0.2, -0.15) is 0 Å². The number of hydrogen-bond acceptors (Lipinski definition) is 4. The lowest BCUT2D eigenvalue weighted by Gasteiger charge is -2.08. The molecule has 1 amide bonds. The molecule has 0 fully saturated rings. The van der Waals surface area contributed by atoms with Crippen LogP contribution in [0.15, 0.2) is 23.6 Å². The van der Waals surface area contributed by atoms with Crippen LogP contribution in [-0.4, -0.2) is 17.4 Å². The van der Waals surface area contributed by atoms with Crippen LogP contribution >= 0.6 is 11.3 Å². The number of hydrogen-bond donors (Lipinski definition) is 2. The highest BCUT2D eigenvalue weighted by molar-refractivity contribution is 7.13. The molecule has 1 aromatic carbocycles. The molecular weight excluding hydrogens is 270 g/mol. The predicted octanol–water partition coefficient (Wildman–Crippen LogP) is 3.37. The van der Waals surface area contributed by atoms with Crippen LogP contribution in [0.5, 0.6) is 0 Å². The molecule has 2 aromatic rings. The molecule has 0 aliphatic carbocycles. The van der Waals surface area contributed by atoms with Crippen LogP contribution in [-0.2, 0) is 11.2 Å². The summed E-state index contributed by atoms with van der Waals surface area (Å²) in [6.45, 7) is 6.89. The Hall–Kier alpha value is -1.88. The molecular formula is C15H19N3OS. The summed E-state index contributed by atoms with van der Waals surface area (Å²) in [7, 11) is 0. The number of benzene rings is 1. The lowest BCUT2D eigenvalue weighted by Crippen LogP contribution is -2.15. The Labute approximate surface area is 123 Å². The molecule has 2 rings (SSSR count).